The molecule has 96 valence electrons. The van der Waals surface area contributed by atoms with Gasteiger partial charge in [-0.25, -0.2) is 0 Å². The number of nitrogens with one attached hydrogen (secondary N) is 1. The number of rotatable bonds is 8. The molecule has 1 unspecified atom stereocenters. The van der Waals surface area contributed by atoms with Gasteiger partial charge in [0.1, 0.15) is 6.04 Å². The summed E-state index contributed by atoms with van der Waals surface area (Å²) in [4.78, 5) is 12.3. The summed E-state index contributed by atoms with van der Waals surface area (Å²) in [5.41, 5.74) is 0. The molecule has 0 saturated heterocycles. The molecule has 0 bridgehead atoms. The minimum Gasteiger partial charge on any atom is -0.480 e. The third-order valence-electron chi connectivity index (χ3n) is 2.54. The van der Waals surface area contributed by atoms with Gasteiger partial charge in [0.15, 0.2) is 0 Å². The first-order valence-corrected chi connectivity index (χ1v) is 7.44. The number of thiophene rings is 1. The average Bonchev–Trinajstić information content (AvgIpc) is 2.68. The first kappa shape index (κ1) is 14.7. The van der Waals surface area contributed by atoms with Crippen LogP contribution in [0.25, 0.3) is 0 Å². The van der Waals surface area contributed by atoms with Crippen molar-refractivity contribution in [3.05, 3.63) is 20.8 Å². The summed E-state index contributed by atoms with van der Waals surface area (Å²) in [6, 6.07) is 3.68. The number of halogens is 1. The van der Waals surface area contributed by atoms with Gasteiger partial charge in [-0.2, -0.15) is 0 Å². The van der Waals surface area contributed by atoms with Crippen molar-refractivity contribution < 1.29 is 9.90 Å². The summed E-state index contributed by atoms with van der Waals surface area (Å²) in [5, 5.41) is 12.1. The monoisotopic (exact) mass is 319 g/mol. The van der Waals surface area contributed by atoms with Crippen LogP contribution in [-0.2, 0) is 11.2 Å². The lowest BCUT2D eigenvalue weighted by atomic mass is 10.1. The zero-order valence-electron chi connectivity index (χ0n) is 9.91. The molecule has 1 heterocycles. The van der Waals surface area contributed by atoms with Gasteiger partial charge in [0, 0.05) is 11.4 Å². The Labute approximate surface area is 114 Å². The van der Waals surface area contributed by atoms with Crippen molar-refractivity contribution in [3.8, 4) is 0 Å². The van der Waals surface area contributed by atoms with Gasteiger partial charge < -0.3 is 10.4 Å². The van der Waals surface area contributed by atoms with E-state index in [0.29, 0.717) is 13.0 Å². The number of hydrogen-bond donors (Lipinski definition) is 2. The molecule has 0 aliphatic heterocycles. The second kappa shape index (κ2) is 7.84. The minimum absolute atomic E-state index is 0.404. The van der Waals surface area contributed by atoms with Crippen LogP contribution in [0, 0.1) is 0 Å². The average molecular weight is 320 g/mol. The van der Waals surface area contributed by atoms with Crippen molar-refractivity contribution in [1.82, 2.24) is 5.32 Å². The Morgan fingerprint density at radius 1 is 1.59 bits per heavy atom. The van der Waals surface area contributed by atoms with Gasteiger partial charge in [0.25, 0.3) is 0 Å². The third-order valence-corrected chi connectivity index (χ3v) is 4.22. The van der Waals surface area contributed by atoms with Crippen LogP contribution in [0.4, 0.5) is 0 Å². The van der Waals surface area contributed by atoms with E-state index in [1.165, 1.54) is 4.88 Å². The zero-order chi connectivity index (χ0) is 12.7. The maximum atomic E-state index is 11.0. The fourth-order valence-electron chi connectivity index (χ4n) is 1.58. The van der Waals surface area contributed by atoms with E-state index >= 15 is 0 Å². The van der Waals surface area contributed by atoms with Crippen LogP contribution in [0.5, 0.6) is 0 Å². The standard InChI is InChI=1S/C12H18BrNO2S/c1-2-3-4-10(12(15)16)14-8-7-9-5-6-11(13)17-9/h5-6,10,14H,2-4,7-8H2,1H3,(H,15,16). The van der Waals surface area contributed by atoms with Crippen LogP contribution >= 0.6 is 27.3 Å². The summed E-state index contributed by atoms with van der Waals surface area (Å²) in [6.07, 6.45) is 3.57. The topological polar surface area (TPSA) is 49.3 Å². The highest BCUT2D eigenvalue weighted by molar-refractivity contribution is 9.11. The Bertz CT molecular complexity index is 354. The number of hydrogen-bond acceptors (Lipinski definition) is 3. The lowest BCUT2D eigenvalue weighted by molar-refractivity contribution is -0.139. The van der Waals surface area contributed by atoms with Gasteiger partial charge in [-0.15, -0.1) is 11.3 Å². The Kier molecular flexibility index (Phi) is 6.77. The van der Waals surface area contributed by atoms with Crippen molar-refractivity contribution >= 4 is 33.2 Å². The van der Waals surface area contributed by atoms with Crippen LogP contribution in [0.15, 0.2) is 15.9 Å². The molecule has 3 nitrogen and oxygen atoms in total. The van der Waals surface area contributed by atoms with E-state index in [1.807, 2.05) is 6.07 Å². The van der Waals surface area contributed by atoms with Crippen LogP contribution in [0.3, 0.4) is 0 Å². The molecule has 0 aromatic carbocycles. The molecule has 0 spiro atoms. The molecule has 17 heavy (non-hydrogen) atoms. The van der Waals surface area contributed by atoms with Gasteiger partial charge in [-0.1, -0.05) is 19.8 Å². The largest absolute Gasteiger partial charge is 0.480 e. The maximum Gasteiger partial charge on any atom is 0.320 e. The number of unbranched alkanes of at least 4 members (excludes halogenated alkanes) is 1. The minimum atomic E-state index is -0.745. The molecule has 0 saturated carbocycles. The van der Waals surface area contributed by atoms with Gasteiger partial charge in [0.05, 0.1) is 3.79 Å². The van der Waals surface area contributed by atoms with Crippen LogP contribution in [0.1, 0.15) is 31.1 Å². The molecule has 1 aromatic rings. The predicted octanol–water partition coefficient (Wildman–Crippen LogP) is 3.29. The molecule has 2 N–H and O–H groups in total. The molecule has 0 radical (unpaired) electrons. The third kappa shape index (κ3) is 5.66. The van der Waals surface area contributed by atoms with Crippen molar-refractivity contribution in [2.75, 3.05) is 6.54 Å². The summed E-state index contributed by atoms with van der Waals surface area (Å²) >= 11 is 5.11. The van der Waals surface area contributed by atoms with Crippen molar-refractivity contribution in [2.24, 2.45) is 0 Å². The summed E-state index contributed by atoms with van der Waals surface area (Å²) in [5.74, 6) is -0.745. The molecule has 5 heteroatoms. The normalized spacial score (nSPS) is 12.6. The first-order valence-electron chi connectivity index (χ1n) is 5.84. The smallest absolute Gasteiger partial charge is 0.320 e. The van der Waals surface area contributed by atoms with E-state index in [2.05, 4.69) is 34.2 Å². The van der Waals surface area contributed by atoms with E-state index < -0.39 is 12.0 Å². The fourth-order valence-corrected chi connectivity index (χ4v) is 3.06. The molecular weight excluding hydrogens is 302 g/mol. The van der Waals surface area contributed by atoms with Gasteiger partial charge in [-0.05, 0) is 40.9 Å². The van der Waals surface area contributed by atoms with E-state index in [9.17, 15) is 4.79 Å². The van der Waals surface area contributed by atoms with Gasteiger partial charge in [0.2, 0.25) is 0 Å². The zero-order valence-corrected chi connectivity index (χ0v) is 12.3. The summed E-state index contributed by atoms with van der Waals surface area (Å²) in [6.45, 7) is 2.79. The number of carboxylic acids is 1. The van der Waals surface area contributed by atoms with Crippen molar-refractivity contribution in [1.29, 1.82) is 0 Å². The number of aliphatic carboxylic acids is 1. The van der Waals surface area contributed by atoms with E-state index in [-0.39, 0.29) is 0 Å². The molecule has 1 atom stereocenters. The highest BCUT2D eigenvalue weighted by Crippen LogP contribution is 2.22. The predicted molar refractivity (Wildman–Crippen MR) is 74.7 cm³/mol. The molecule has 0 aliphatic rings. The second-order valence-corrected chi connectivity index (χ2v) is 6.49. The highest BCUT2D eigenvalue weighted by Gasteiger charge is 2.15. The first-order chi connectivity index (χ1) is 8.13. The van der Waals surface area contributed by atoms with E-state index in [1.54, 1.807) is 11.3 Å². The number of carbonyl (C=O) groups is 1. The van der Waals surface area contributed by atoms with Crippen molar-refractivity contribution in [2.45, 2.75) is 38.6 Å². The molecule has 1 rings (SSSR count). The second-order valence-electron chi connectivity index (χ2n) is 3.94. The lowest BCUT2D eigenvalue weighted by Gasteiger charge is -2.13. The molecule has 0 amide bonds. The Morgan fingerprint density at radius 2 is 2.35 bits per heavy atom. The summed E-state index contributed by atoms with van der Waals surface area (Å²) in [7, 11) is 0. The highest BCUT2D eigenvalue weighted by atomic mass is 79.9. The fraction of sp³-hybridized carbons (Fsp3) is 0.583. The summed E-state index contributed by atoms with van der Waals surface area (Å²) < 4.78 is 1.12. The quantitative estimate of drug-likeness (QED) is 0.773. The van der Waals surface area contributed by atoms with Gasteiger partial charge >= 0.3 is 5.97 Å². The molecular formula is C12H18BrNO2S. The van der Waals surface area contributed by atoms with Crippen molar-refractivity contribution in [3.63, 3.8) is 0 Å². The maximum absolute atomic E-state index is 11.0. The Balaban J connectivity index is 2.29. The van der Waals surface area contributed by atoms with Gasteiger partial charge in [-0.3, -0.25) is 4.79 Å². The van der Waals surface area contributed by atoms with Crippen LogP contribution in [0.2, 0.25) is 0 Å². The molecule has 0 fully saturated rings. The van der Waals surface area contributed by atoms with Crippen LogP contribution < -0.4 is 5.32 Å². The van der Waals surface area contributed by atoms with E-state index in [0.717, 1.165) is 23.0 Å². The number of carboxylic acid groups (broad SMARTS) is 1. The lowest BCUT2D eigenvalue weighted by Crippen LogP contribution is -2.37. The SMILES string of the molecule is CCCCC(NCCc1ccc(Br)s1)C(=O)O. The van der Waals surface area contributed by atoms with Crippen LogP contribution in [-0.4, -0.2) is 23.7 Å². The van der Waals surface area contributed by atoms with E-state index in [4.69, 9.17) is 5.11 Å². The molecule has 1 aromatic heterocycles. The molecule has 0 aliphatic carbocycles. The Morgan fingerprint density at radius 3 is 2.88 bits per heavy atom. The Hall–Kier alpha value is -0.390.